The molecular weight excluding hydrogens is 242 g/mol. The van der Waals surface area contributed by atoms with Crippen LogP contribution in [-0.4, -0.2) is 23.9 Å². The number of benzene rings is 1. The van der Waals surface area contributed by atoms with Crippen LogP contribution < -0.4 is 10.6 Å². The maximum atomic E-state index is 11.8. The van der Waals surface area contributed by atoms with Gasteiger partial charge in [0, 0.05) is 12.1 Å². The van der Waals surface area contributed by atoms with Crippen molar-refractivity contribution in [3.63, 3.8) is 0 Å². The van der Waals surface area contributed by atoms with Gasteiger partial charge in [0.2, 0.25) is 0 Å². The summed E-state index contributed by atoms with van der Waals surface area (Å²) in [7, 11) is 0. The van der Waals surface area contributed by atoms with E-state index < -0.39 is 5.60 Å². The van der Waals surface area contributed by atoms with Crippen LogP contribution in [0.1, 0.15) is 25.8 Å². The van der Waals surface area contributed by atoms with Gasteiger partial charge in [-0.2, -0.15) is 0 Å². The van der Waals surface area contributed by atoms with Gasteiger partial charge in [-0.3, -0.25) is 0 Å². The number of oxime groups is 1. The van der Waals surface area contributed by atoms with Crippen LogP contribution in [0.2, 0.25) is 0 Å². The van der Waals surface area contributed by atoms with Crippen LogP contribution in [0.15, 0.2) is 29.4 Å². The Morgan fingerprint density at radius 2 is 2.26 bits per heavy atom. The number of amides is 2. The summed E-state index contributed by atoms with van der Waals surface area (Å²) in [5, 5.41) is 9.51. The van der Waals surface area contributed by atoms with Gasteiger partial charge in [0.1, 0.15) is 0 Å². The Balaban J connectivity index is 1.82. The van der Waals surface area contributed by atoms with Crippen LogP contribution in [0.3, 0.4) is 0 Å². The maximum Gasteiger partial charge on any atom is 0.319 e. The third-order valence-electron chi connectivity index (χ3n) is 2.95. The predicted molar refractivity (Wildman–Crippen MR) is 75.4 cm³/mol. The first-order chi connectivity index (χ1) is 8.97. The molecule has 1 aliphatic heterocycles. The highest BCUT2D eigenvalue weighted by Crippen LogP contribution is 2.22. The van der Waals surface area contributed by atoms with Crippen LogP contribution in [-0.2, 0) is 4.84 Å². The molecular formula is C14H19N3O2. The molecule has 2 N–H and O–H groups in total. The van der Waals surface area contributed by atoms with Crippen molar-refractivity contribution in [3.05, 3.63) is 29.8 Å². The molecule has 5 nitrogen and oxygen atoms in total. The summed E-state index contributed by atoms with van der Waals surface area (Å²) in [4.78, 5) is 17.1. The van der Waals surface area contributed by atoms with Crippen LogP contribution >= 0.6 is 0 Å². The third kappa shape index (κ3) is 3.71. The van der Waals surface area contributed by atoms with Crippen LogP contribution in [0.5, 0.6) is 0 Å². The van der Waals surface area contributed by atoms with Gasteiger partial charge in [0.15, 0.2) is 5.60 Å². The van der Waals surface area contributed by atoms with Crippen molar-refractivity contribution in [3.8, 4) is 0 Å². The normalized spacial score (nSPS) is 21.5. The van der Waals surface area contributed by atoms with Crippen LogP contribution in [0.4, 0.5) is 10.5 Å². The Labute approximate surface area is 113 Å². The smallest absolute Gasteiger partial charge is 0.319 e. The number of carbonyl (C=O) groups excluding carboxylic acids is 1. The van der Waals surface area contributed by atoms with Crippen molar-refractivity contribution in [2.24, 2.45) is 5.16 Å². The number of hydrogen-bond donors (Lipinski definition) is 2. The Morgan fingerprint density at radius 1 is 1.47 bits per heavy atom. The molecule has 2 rings (SSSR count). The summed E-state index contributed by atoms with van der Waals surface area (Å²) in [5.74, 6) is 0. The average Bonchev–Trinajstić information content (AvgIpc) is 2.68. The first-order valence-electron chi connectivity index (χ1n) is 6.30. The van der Waals surface area contributed by atoms with E-state index in [0.717, 1.165) is 23.4 Å². The molecule has 0 fully saturated rings. The van der Waals surface area contributed by atoms with Gasteiger partial charge in [0.05, 0.1) is 12.3 Å². The second-order valence-electron chi connectivity index (χ2n) is 5.22. The van der Waals surface area contributed by atoms with Gasteiger partial charge in [-0.25, -0.2) is 4.79 Å². The van der Waals surface area contributed by atoms with E-state index in [-0.39, 0.29) is 6.03 Å². The Morgan fingerprint density at radius 3 is 2.89 bits per heavy atom. The molecule has 1 unspecified atom stereocenters. The van der Waals surface area contributed by atoms with Crippen molar-refractivity contribution in [2.75, 3.05) is 11.9 Å². The molecule has 0 bridgehead atoms. The van der Waals surface area contributed by atoms with Gasteiger partial charge >= 0.3 is 6.03 Å². The fourth-order valence-corrected chi connectivity index (χ4v) is 2.05. The Kier molecular flexibility index (Phi) is 3.74. The van der Waals surface area contributed by atoms with Crippen molar-refractivity contribution < 1.29 is 9.63 Å². The lowest BCUT2D eigenvalue weighted by atomic mass is 10.0. The van der Waals surface area contributed by atoms with Gasteiger partial charge in [-0.05, 0) is 38.5 Å². The number of urea groups is 1. The largest absolute Gasteiger partial charge is 0.387 e. The lowest BCUT2D eigenvalue weighted by molar-refractivity contribution is -0.0000960. The van der Waals surface area contributed by atoms with Crippen molar-refractivity contribution in [1.29, 1.82) is 0 Å². The quantitative estimate of drug-likeness (QED) is 0.878. The van der Waals surface area contributed by atoms with E-state index in [1.807, 2.05) is 45.0 Å². The minimum absolute atomic E-state index is 0.236. The molecule has 0 aliphatic carbocycles. The van der Waals surface area contributed by atoms with Crippen molar-refractivity contribution in [2.45, 2.75) is 32.8 Å². The standard InChI is InChI=1S/C14H19N3O2/c1-10-5-4-6-12(7-10)16-13(18)15-9-14(3)8-11(2)17-19-14/h4-7H,8-9H2,1-3H3,(H2,15,16,18). The van der Waals surface area contributed by atoms with E-state index in [0.29, 0.717) is 6.54 Å². The molecule has 0 saturated heterocycles. The lowest BCUT2D eigenvalue weighted by Gasteiger charge is -2.21. The van der Waals surface area contributed by atoms with E-state index in [1.165, 1.54) is 0 Å². The third-order valence-corrected chi connectivity index (χ3v) is 2.95. The predicted octanol–water partition coefficient (Wildman–Crippen LogP) is 2.67. The Hall–Kier alpha value is -2.04. The second kappa shape index (κ2) is 5.30. The molecule has 1 aromatic carbocycles. The Bertz CT molecular complexity index is 513. The first kappa shape index (κ1) is 13.4. The van der Waals surface area contributed by atoms with E-state index in [9.17, 15) is 4.79 Å². The number of hydrogen-bond acceptors (Lipinski definition) is 3. The van der Waals surface area contributed by atoms with Gasteiger partial charge in [-0.15, -0.1) is 0 Å². The summed E-state index contributed by atoms with van der Waals surface area (Å²) >= 11 is 0. The fourth-order valence-electron chi connectivity index (χ4n) is 2.05. The van der Waals surface area contributed by atoms with E-state index in [1.54, 1.807) is 0 Å². The SMILES string of the molecule is CC1=NOC(C)(CNC(=O)Nc2cccc(C)c2)C1. The molecule has 1 aliphatic rings. The van der Waals surface area contributed by atoms with Crippen LogP contribution in [0, 0.1) is 6.92 Å². The molecule has 102 valence electrons. The summed E-state index contributed by atoms with van der Waals surface area (Å²) in [5.41, 5.74) is 2.40. The molecule has 0 aromatic heterocycles. The van der Waals surface area contributed by atoms with Gasteiger partial charge < -0.3 is 15.5 Å². The molecule has 1 aromatic rings. The molecule has 2 amide bonds. The minimum atomic E-state index is -0.436. The molecule has 0 spiro atoms. The first-order valence-corrected chi connectivity index (χ1v) is 6.30. The molecule has 1 atom stereocenters. The average molecular weight is 261 g/mol. The molecule has 5 heteroatoms. The molecule has 19 heavy (non-hydrogen) atoms. The summed E-state index contributed by atoms with van der Waals surface area (Å²) < 4.78 is 0. The van der Waals surface area contributed by atoms with Crippen LogP contribution in [0.25, 0.3) is 0 Å². The highest BCUT2D eigenvalue weighted by Gasteiger charge is 2.32. The zero-order chi connectivity index (χ0) is 13.9. The van der Waals surface area contributed by atoms with Crippen molar-refractivity contribution in [1.82, 2.24) is 5.32 Å². The zero-order valence-corrected chi connectivity index (χ0v) is 11.5. The highest BCUT2D eigenvalue weighted by molar-refractivity contribution is 5.89. The molecule has 0 saturated carbocycles. The van der Waals surface area contributed by atoms with Gasteiger partial charge in [0.25, 0.3) is 0 Å². The number of aryl methyl sites for hydroxylation is 1. The highest BCUT2D eigenvalue weighted by atomic mass is 16.7. The molecule has 1 heterocycles. The number of nitrogens with zero attached hydrogens (tertiary/aromatic N) is 1. The maximum absolute atomic E-state index is 11.8. The van der Waals surface area contributed by atoms with Gasteiger partial charge in [-0.1, -0.05) is 17.3 Å². The summed E-state index contributed by atoms with van der Waals surface area (Å²) in [6, 6.07) is 7.42. The second-order valence-corrected chi connectivity index (χ2v) is 5.22. The number of carbonyl (C=O) groups is 1. The summed E-state index contributed by atoms with van der Waals surface area (Å²) in [6.45, 7) is 6.25. The van der Waals surface area contributed by atoms with E-state index >= 15 is 0 Å². The topological polar surface area (TPSA) is 62.7 Å². The lowest BCUT2D eigenvalue weighted by Crippen LogP contribution is -2.42. The fraction of sp³-hybridized carbons (Fsp3) is 0.429. The number of rotatable bonds is 3. The van der Waals surface area contributed by atoms with E-state index in [2.05, 4.69) is 15.8 Å². The zero-order valence-electron chi connectivity index (χ0n) is 11.5. The number of nitrogens with one attached hydrogen (secondary N) is 2. The number of anilines is 1. The van der Waals surface area contributed by atoms with Crippen molar-refractivity contribution >= 4 is 17.4 Å². The minimum Gasteiger partial charge on any atom is -0.387 e. The summed E-state index contributed by atoms with van der Waals surface area (Å²) in [6.07, 6.45) is 0.734. The monoisotopic (exact) mass is 261 g/mol. The van der Waals surface area contributed by atoms with E-state index in [4.69, 9.17) is 4.84 Å². The molecule has 0 radical (unpaired) electrons.